The Balaban J connectivity index is 1.72. The summed E-state index contributed by atoms with van der Waals surface area (Å²) in [7, 11) is 0. The molecule has 0 aliphatic heterocycles. The number of thiocarbonyl (C=S) groups is 1. The number of benzene rings is 2. The predicted molar refractivity (Wildman–Crippen MR) is 110 cm³/mol. The van der Waals surface area contributed by atoms with Gasteiger partial charge in [-0.15, -0.1) is 0 Å². The summed E-state index contributed by atoms with van der Waals surface area (Å²) in [4.78, 5) is 4.45. The smallest absolute Gasteiger partial charge is 0.191 e. The van der Waals surface area contributed by atoms with Crippen LogP contribution in [0.4, 0.5) is 5.69 Å². The Morgan fingerprint density at radius 1 is 1.12 bits per heavy atom. The topological polar surface area (TPSA) is 49.3 Å². The van der Waals surface area contributed by atoms with Crippen molar-refractivity contribution in [1.82, 2.24) is 10.4 Å². The van der Waals surface area contributed by atoms with E-state index in [1.807, 2.05) is 62.4 Å². The molecule has 2 N–H and O–H groups in total. The van der Waals surface area contributed by atoms with Gasteiger partial charge in [0, 0.05) is 16.6 Å². The average molecular weight is 369 g/mol. The van der Waals surface area contributed by atoms with Crippen LogP contribution in [0, 0.1) is 13.8 Å². The van der Waals surface area contributed by atoms with E-state index in [-0.39, 0.29) is 0 Å². The van der Waals surface area contributed by atoms with E-state index in [1.54, 1.807) is 6.21 Å². The molecule has 0 bridgehead atoms. The lowest BCUT2D eigenvalue weighted by Crippen LogP contribution is -2.24. The van der Waals surface area contributed by atoms with Crippen molar-refractivity contribution in [3.05, 3.63) is 70.4 Å². The van der Waals surface area contributed by atoms with E-state index in [1.165, 1.54) is 0 Å². The molecule has 6 heteroatoms. The van der Waals surface area contributed by atoms with Crippen molar-refractivity contribution in [2.45, 2.75) is 13.8 Å². The van der Waals surface area contributed by atoms with E-state index < -0.39 is 0 Å². The minimum absolute atomic E-state index is 0.408. The van der Waals surface area contributed by atoms with Gasteiger partial charge in [-0.25, -0.2) is 4.98 Å². The lowest BCUT2D eigenvalue weighted by molar-refractivity contribution is 1.05. The number of pyridine rings is 1. The largest absolute Gasteiger partial charge is 0.331 e. The summed E-state index contributed by atoms with van der Waals surface area (Å²) in [6.45, 7) is 4.02. The second kappa shape index (κ2) is 7.59. The molecule has 126 valence electrons. The zero-order chi connectivity index (χ0) is 17.8. The molecular formula is C19H17ClN4S. The zero-order valence-electron chi connectivity index (χ0n) is 13.9. The van der Waals surface area contributed by atoms with Crippen LogP contribution in [0.5, 0.6) is 0 Å². The number of aryl methyl sites for hydroxylation is 2. The fraction of sp³-hybridized carbons (Fsp3) is 0.105. The summed E-state index contributed by atoms with van der Waals surface area (Å²) in [6, 6.07) is 15.9. The highest BCUT2D eigenvalue weighted by Crippen LogP contribution is 2.21. The number of nitrogens with zero attached hydrogens (tertiary/aromatic N) is 2. The normalized spacial score (nSPS) is 11.0. The summed E-state index contributed by atoms with van der Waals surface area (Å²) >= 11 is 11.5. The molecule has 4 nitrogen and oxygen atoms in total. The van der Waals surface area contributed by atoms with Gasteiger partial charge in [-0.3, -0.25) is 5.43 Å². The first kappa shape index (κ1) is 17.3. The van der Waals surface area contributed by atoms with Crippen molar-refractivity contribution in [2.24, 2.45) is 5.10 Å². The number of aromatic nitrogens is 1. The number of rotatable bonds is 3. The molecule has 2 aromatic carbocycles. The molecule has 0 fully saturated rings. The second-order valence-electron chi connectivity index (χ2n) is 5.65. The third kappa shape index (κ3) is 4.13. The molecule has 0 saturated carbocycles. The Kier molecular flexibility index (Phi) is 5.26. The summed E-state index contributed by atoms with van der Waals surface area (Å²) in [5.74, 6) is 0. The Hall–Kier alpha value is -2.50. The molecular weight excluding hydrogens is 352 g/mol. The molecule has 0 aliphatic carbocycles. The molecule has 1 heterocycles. The lowest BCUT2D eigenvalue weighted by Gasteiger charge is -2.09. The Morgan fingerprint density at radius 3 is 2.68 bits per heavy atom. The molecule has 0 amide bonds. The van der Waals surface area contributed by atoms with Gasteiger partial charge in [0.15, 0.2) is 5.11 Å². The van der Waals surface area contributed by atoms with E-state index in [4.69, 9.17) is 23.8 Å². The van der Waals surface area contributed by atoms with Gasteiger partial charge in [-0.05, 0) is 49.3 Å². The van der Waals surface area contributed by atoms with Crippen molar-refractivity contribution in [1.29, 1.82) is 0 Å². The van der Waals surface area contributed by atoms with Crippen molar-refractivity contribution < 1.29 is 0 Å². The van der Waals surface area contributed by atoms with Crippen LogP contribution >= 0.6 is 23.8 Å². The molecule has 0 saturated heterocycles. The van der Waals surface area contributed by atoms with E-state index in [0.717, 1.165) is 33.3 Å². The number of anilines is 1. The fourth-order valence-corrected chi connectivity index (χ4v) is 2.81. The molecule has 0 radical (unpaired) electrons. The Morgan fingerprint density at radius 2 is 1.88 bits per heavy atom. The third-order valence-electron chi connectivity index (χ3n) is 3.79. The Labute approximate surface area is 156 Å². The summed E-state index contributed by atoms with van der Waals surface area (Å²) < 4.78 is 0. The number of fused-ring (bicyclic) bond motifs is 1. The van der Waals surface area contributed by atoms with Gasteiger partial charge < -0.3 is 5.32 Å². The summed E-state index contributed by atoms with van der Waals surface area (Å²) in [5.41, 5.74) is 7.55. The highest BCUT2D eigenvalue weighted by atomic mass is 35.5. The van der Waals surface area contributed by atoms with Crippen LogP contribution in [0.15, 0.2) is 53.6 Å². The van der Waals surface area contributed by atoms with Crippen molar-refractivity contribution in [2.75, 3.05) is 5.32 Å². The number of hydrazone groups is 1. The monoisotopic (exact) mass is 368 g/mol. The predicted octanol–water partition coefficient (Wildman–Crippen LogP) is 4.83. The quantitative estimate of drug-likeness (QED) is 0.301. The van der Waals surface area contributed by atoms with Gasteiger partial charge in [0.2, 0.25) is 0 Å². The maximum atomic E-state index is 6.26. The van der Waals surface area contributed by atoms with Crippen molar-refractivity contribution in [3.63, 3.8) is 0 Å². The van der Waals surface area contributed by atoms with E-state index in [9.17, 15) is 0 Å². The number of hydrogen-bond donors (Lipinski definition) is 2. The summed E-state index contributed by atoms with van der Waals surface area (Å²) in [5, 5.41) is 9.10. The highest BCUT2D eigenvalue weighted by molar-refractivity contribution is 7.80. The molecule has 1 aromatic heterocycles. The second-order valence-corrected chi connectivity index (χ2v) is 6.42. The van der Waals surface area contributed by atoms with E-state index in [0.29, 0.717) is 10.3 Å². The van der Waals surface area contributed by atoms with Gasteiger partial charge in [0.05, 0.1) is 11.7 Å². The minimum Gasteiger partial charge on any atom is -0.331 e. The van der Waals surface area contributed by atoms with Crippen LogP contribution in [-0.2, 0) is 0 Å². The SMILES string of the molecule is Cc1ccccc1NC(=S)N/N=C/c1cc2cccc(C)c2nc1Cl. The molecule has 0 unspecified atom stereocenters. The van der Waals surface area contributed by atoms with Gasteiger partial charge >= 0.3 is 0 Å². The van der Waals surface area contributed by atoms with Crippen LogP contribution in [0.25, 0.3) is 10.9 Å². The average Bonchev–Trinajstić information content (AvgIpc) is 2.58. The van der Waals surface area contributed by atoms with Crippen LogP contribution in [0.2, 0.25) is 5.15 Å². The first-order chi connectivity index (χ1) is 12.0. The van der Waals surface area contributed by atoms with Crippen molar-refractivity contribution >= 4 is 51.7 Å². The standard InChI is InChI=1S/C19H17ClN4S/c1-12-6-3-4-9-16(12)22-19(25)24-21-11-15-10-14-8-5-7-13(2)17(14)23-18(15)20/h3-11H,1-2H3,(H2,22,24,25)/b21-11+. The van der Waals surface area contributed by atoms with E-state index in [2.05, 4.69) is 20.8 Å². The molecule has 3 rings (SSSR count). The van der Waals surface area contributed by atoms with Gasteiger partial charge in [0.1, 0.15) is 5.15 Å². The zero-order valence-corrected chi connectivity index (χ0v) is 15.4. The van der Waals surface area contributed by atoms with Crippen molar-refractivity contribution in [3.8, 4) is 0 Å². The van der Waals surface area contributed by atoms with Gasteiger partial charge in [-0.2, -0.15) is 5.10 Å². The maximum Gasteiger partial charge on any atom is 0.191 e. The first-order valence-electron chi connectivity index (χ1n) is 7.76. The van der Waals surface area contributed by atoms with Crippen LogP contribution in [0.3, 0.4) is 0 Å². The highest BCUT2D eigenvalue weighted by Gasteiger charge is 2.05. The number of halogens is 1. The number of hydrogen-bond acceptors (Lipinski definition) is 3. The molecule has 0 spiro atoms. The van der Waals surface area contributed by atoms with Crippen LogP contribution < -0.4 is 10.7 Å². The molecule has 0 atom stereocenters. The first-order valence-corrected chi connectivity index (χ1v) is 8.55. The molecule has 0 aliphatic rings. The number of para-hydroxylation sites is 2. The van der Waals surface area contributed by atoms with Crippen LogP contribution in [0.1, 0.15) is 16.7 Å². The van der Waals surface area contributed by atoms with Gasteiger partial charge in [0.25, 0.3) is 0 Å². The third-order valence-corrected chi connectivity index (χ3v) is 4.29. The number of nitrogens with one attached hydrogen (secondary N) is 2. The van der Waals surface area contributed by atoms with E-state index >= 15 is 0 Å². The lowest BCUT2D eigenvalue weighted by atomic mass is 10.1. The minimum atomic E-state index is 0.408. The Bertz CT molecular complexity index is 969. The fourth-order valence-electron chi connectivity index (χ4n) is 2.46. The maximum absolute atomic E-state index is 6.26. The molecule has 25 heavy (non-hydrogen) atoms. The summed E-state index contributed by atoms with van der Waals surface area (Å²) in [6.07, 6.45) is 1.61. The van der Waals surface area contributed by atoms with Gasteiger partial charge in [-0.1, -0.05) is 48.0 Å². The van der Waals surface area contributed by atoms with Crippen LogP contribution in [-0.4, -0.2) is 16.3 Å². The molecule has 3 aromatic rings.